The molecule has 0 unspecified atom stereocenters. The van der Waals surface area contributed by atoms with Gasteiger partial charge in [-0.2, -0.15) is 5.10 Å². The molecule has 0 saturated carbocycles. The van der Waals surface area contributed by atoms with Gasteiger partial charge in [0.15, 0.2) is 5.11 Å². The fraction of sp³-hybridized carbons (Fsp3) is 0.111. The molecule has 0 aliphatic heterocycles. The lowest BCUT2D eigenvalue weighted by Crippen LogP contribution is -2.19. The molecular formula is C18H17ClN4OS. The van der Waals surface area contributed by atoms with Crippen molar-refractivity contribution in [1.29, 1.82) is 0 Å². The first-order valence-electron chi connectivity index (χ1n) is 7.61. The molecule has 25 heavy (non-hydrogen) atoms. The van der Waals surface area contributed by atoms with Crippen LogP contribution in [0.1, 0.15) is 5.56 Å². The fourth-order valence-corrected chi connectivity index (χ4v) is 2.72. The Hall–Kier alpha value is -2.57. The zero-order valence-corrected chi connectivity index (χ0v) is 15.1. The molecule has 128 valence electrons. The van der Waals surface area contributed by atoms with E-state index < -0.39 is 0 Å². The van der Waals surface area contributed by atoms with Gasteiger partial charge in [-0.25, -0.2) is 0 Å². The first-order chi connectivity index (χ1) is 12.1. The lowest BCUT2D eigenvalue weighted by atomic mass is 10.2. The molecule has 0 fully saturated rings. The van der Waals surface area contributed by atoms with Crippen LogP contribution in [0, 0.1) is 0 Å². The monoisotopic (exact) mass is 372 g/mol. The number of anilines is 2. The third-order valence-corrected chi connectivity index (χ3v) is 3.88. The molecule has 7 heteroatoms. The Kier molecular flexibility index (Phi) is 5.53. The van der Waals surface area contributed by atoms with Gasteiger partial charge in [0, 0.05) is 17.6 Å². The number of nitrogens with one attached hydrogen (secondary N) is 2. The number of benzene rings is 2. The van der Waals surface area contributed by atoms with Gasteiger partial charge in [0.1, 0.15) is 5.75 Å². The zero-order valence-electron chi connectivity index (χ0n) is 13.6. The Morgan fingerprint density at radius 2 is 1.92 bits per heavy atom. The van der Waals surface area contributed by atoms with Gasteiger partial charge in [0.05, 0.1) is 24.9 Å². The maximum Gasteiger partial charge on any atom is 0.175 e. The molecule has 0 aliphatic carbocycles. The Morgan fingerprint density at radius 3 is 2.60 bits per heavy atom. The second-order valence-electron chi connectivity index (χ2n) is 5.36. The van der Waals surface area contributed by atoms with Crippen molar-refractivity contribution in [3.8, 4) is 5.75 Å². The molecule has 0 bridgehead atoms. The summed E-state index contributed by atoms with van der Waals surface area (Å²) in [6.07, 6.45) is 3.41. The number of methoxy groups -OCH3 is 1. The predicted molar refractivity (Wildman–Crippen MR) is 106 cm³/mol. The third kappa shape index (κ3) is 4.95. The molecule has 0 saturated heterocycles. The minimum absolute atomic E-state index is 0.518. The summed E-state index contributed by atoms with van der Waals surface area (Å²) < 4.78 is 6.93. The largest absolute Gasteiger partial charge is 0.497 e. The molecule has 1 aromatic heterocycles. The van der Waals surface area contributed by atoms with Crippen molar-refractivity contribution in [2.75, 3.05) is 17.7 Å². The van der Waals surface area contributed by atoms with Crippen LogP contribution in [0.5, 0.6) is 5.75 Å². The Balaban J connectivity index is 1.61. The number of rotatable bonds is 5. The van der Waals surface area contributed by atoms with Gasteiger partial charge >= 0.3 is 0 Å². The second kappa shape index (κ2) is 8.00. The van der Waals surface area contributed by atoms with Gasteiger partial charge < -0.3 is 15.4 Å². The number of nitrogens with zero attached hydrogens (tertiary/aromatic N) is 2. The van der Waals surface area contributed by atoms with Crippen molar-refractivity contribution in [1.82, 2.24) is 9.78 Å². The summed E-state index contributed by atoms with van der Waals surface area (Å²) in [6.45, 7) is 0.640. The van der Waals surface area contributed by atoms with Crippen LogP contribution >= 0.6 is 23.8 Å². The quantitative estimate of drug-likeness (QED) is 0.650. The zero-order chi connectivity index (χ0) is 17.6. The van der Waals surface area contributed by atoms with Gasteiger partial charge in [0.25, 0.3) is 0 Å². The smallest absolute Gasteiger partial charge is 0.175 e. The van der Waals surface area contributed by atoms with Gasteiger partial charge in [-0.05, 0) is 54.2 Å². The maximum atomic E-state index is 5.89. The number of hydrogen-bond donors (Lipinski definition) is 2. The molecule has 0 spiro atoms. The summed E-state index contributed by atoms with van der Waals surface area (Å²) in [5.74, 6) is 0.802. The van der Waals surface area contributed by atoms with Crippen LogP contribution in [0.15, 0.2) is 60.9 Å². The van der Waals surface area contributed by atoms with Crippen LogP contribution in [-0.2, 0) is 6.54 Å². The van der Waals surface area contributed by atoms with Crippen molar-refractivity contribution in [2.45, 2.75) is 6.54 Å². The highest BCUT2D eigenvalue weighted by Gasteiger charge is 2.02. The Morgan fingerprint density at radius 1 is 1.16 bits per heavy atom. The molecule has 1 heterocycles. The van der Waals surface area contributed by atoms with Gasteiger partial charge in [0.2, 0.25) is 0 Å². The average molecular weight is 373 g/mol. The molecule has 5 nitrogen and oxygen atoms in total. The summed E-state index contributed by atoms with van der Waals surface area (Å²) in [5.41, 5.74) is 2.89. The minimum atomic E-state index is 0.518. The molecule has 0 aliphatic rings. The lowest BCUT2D eigenvalue weighted by Gasteiger charge is -2.12. The van der Waals surface area contributed by atoms with E-state index in [-0.39, 0.29) is 0 Å². The second-order valence-corrected chi connectivity index (χ2v) is 6.21. The van der Waals surface area contributed by atoms with Gasteiger partial charge in [-0.1, -0.05) is 23.7 Å². The average Bonchev–Trinajstić information content (AvgIpc) is 3.00. The van der Waals surface area contributed by atoms with Crippen molar-refractivity contribution in [2.24, 2.45) is 0 Å². The maximum absolute atomic E-state index is 5.89. The summed E-state index contributed by atoms with van der Waals surface area (Å²) in [7, 11) is 1.64. The molecule has 0 radical (unpaired) electrons. The topological polar surface area (TPSA) is 51.1 Å². The fourth-order valence-electron chi connectivity index (χ4n) is 2.33. The van der Waals surface area contributed by atoms with Crippen LogP contribution in [-0.4, -0.2) is 22.0 Å². The van der Waals surface area contributed by atoms with Crippen LogP contribution in [0.4, 0.5) is 11.4 Å². The van der Waals surface area contributed by atoms with Crippen LogP contribution in [0.2, 0.25) is 5.02 Å². The van der Waals surface area contributed by atoms with E-state index in [1.807, 2.05) is 48.5 Å². The first-order valence-corrected chi connectivity index (χ1v) is 8.40. The number of ether oxygens (including phenoxy) is 1. The normalized spacial score (nSPS) is 10.3. The predicted octanol–water partition coefficient (Wildman–Crippen LogP) is 4.40. The van der Waals surface area contributed by atoms with Crippen molar-refractivity contribution < 1.29 is 4.74 Å². The van der Waals surface area contributed by atoms with E-state index in [2.05, 4.69) is 15.7 Å². The Bertz CT molecular complexity index is 864. The Labute approximate surface area is 156 Å². The summed E-state index contributed by atoms with van der Waals surface area (Å²) in [5, 5.41) is 11.7. The van der Waals surface area contributed by atoms with Crippen LogP contribution in [0.3, 0.4) is 0 Å². The van der Waals surface area contributed by atoms with E-state index in [4.69, 9.17) is 28.6 Å². The molecule has 3 rings (SSSR count). The van der Waals surface area contributed by atoms with Crippen molar-refractivity contribution in [3.05, 3.63) is 71.5 Å². The molecular weight excluding hydrogens is 356 g/mol. The molecule has 0 amide bonds. The highest BCUT2D eigenvalue weighted by molar-refractivity contribution is 7.80. The van der Waals surface area contributed by atoms with E-state index in [1.54, 1.807) is 24.2 Å². The van der Waals surface area contributed by atoms with Crippen molar-refractivity contribution in [3.63, 3.8) is 0 Å². The molecule has 0 atom stereocenters. The third-order valence-electron chi connectivity index (χ3n) is 3.48. The summed E-state index contributed by atoms with van der Waals surface area (Å²) >= 11 is 11.3. The number of hydrogen-bond acceptors (Lipinski definition) is 3. The SMILES string of the molecule is COc1ccc(NC(=S)Nc2cccc(Cn3cc(Cl)cn3)c2)cc1. The number of halogens is 1. The van der Waals surface area contributed by atoms with E-state index in [0.29, 0.717) is 16.7 Å². The standard InChI is InChI=1S/C18H17ClN4OS/c1-24-17-7-5-15(6-8-17)21-18(25)22-16-4-2-3-13(9-16)11-23-12-14(19)10-20-23/h2-10,12H,11H2,1H3,(H2,21,22,25). The van der Waals surface area contributed by atoms with E-state index >= 15 is 0 Å². The van der Waals surface area contributed by atoms with E-state index in [9.17, 15) is 0 Å². The number of aromatic nitrogens is 2. The molecule has 2 N–H and O–H groups in total. The summed E-state index contributed by atoms with van der Waals surface area (Å²) in [6, 6.07) is 15.6. The van der Waals surface area contributed by atoms with Gasteiger partial charge in [-0.3, -0.25) is 4.68 Å². The van der Waals surface area contributed by atoms with E-state index in [1.165, 1.54) is 0 Å². The lowest BCUT2D eigenvalue weighted by molar-refractivity contribution is 0.415. The van der Waals surface area contributed by atoms with Crippen LogP contribution in [0.25, 0.3) is 0 Å². The highest BCUT2D eigenvalue weighted by Crippen LogP contribution is 2.17. The summed E-state index contributed by atoms with van der Waals surface area (Å²) in [4.78, 5) is 0. The van der Waals surface area contributed by atoms with Gasteiger partial charge in [-0.15, -0.1) is 0 Å². The van der Waals surface area contributed by atoms with E-state index in [0.717, 1.165) is 22.7 Å². The molecule has 3 aromatic rings. The highest BCUT2D eigenvalue weighted by atomic mass is 35.5. The van der Waals surface area contributed by atoms with Crippen LogP contribution < -0.4 is 15.4 Å². The molecule has 2 aromatic carbocycles. The first kappa shape index (κ1) is 17.3. The number of thiocarbonyl (C=S) groups is 1. The minimum Gasteiger partial charge on any atom is -0.497 e. The van der Waals surface area contributed by atoms with Crippen molar-refractivity contribution >= 4 is 40.3 Å².